The van der Waals surface area contributed by atoms with Crippen molar-refractivity contribution in [1.82, 2.24) is 14.1 Å². The zero-order valence-corrected chi connectivity index (χ0v) is 31.5. The molecule has 0 amide bonds. The van der Waals surface area contributed by atoms with Crippen LogP contribution in [0.15, 0.2) is 200 Å². The average Bonchev–Trinajstić information content (AvgIpc) is 3.81. The maximum Gasteiger partial charge on any atom is 0.132 e. The molecule has 3 heteroatoms. The molecular weight excluding hydrogens is 703 g/mol. The minimum atomic E-state index is -0.795. The number of nitrogens with zero attached hydrogens (tertiary/aromatic N) is 3. The highest BCUT2D eigenvalue weighted by atomic mass is 15.1. The monoisotopic (exact) mass is 737 g/mol. The van der Waals surface area contributed by atoms with Gasteiger partial charge in [0, 0.05) is 21.5 Å². The number of allylic oxidation sites excluding steroid dienone is 2. The van der Waals surface area contributed by atoms with Gasteiger partial charge in [-0.15, -0.1) is 0 Å². The summed E-state index contributed by atoms with van der Waals surface area (Å²) < 4.78 is 5.12. The number of benzene rings is 8. The van der Waals surface area contributed by atoms with Crippen molar-refractivity contribution in [2.24, 2.45) is 0 Å². The van der Waals surface area contributed by atoms with Crippen LogP contribution in [0, 0.1) is 0 Å². The van der Waals surface area contributed by atoms with Gasteiger partial charge in [-0.3, -0.25) is 4.98 Å². The van der Waals surface area contributed by atoms with Crippen molar-refractivity contribution < 1.29 is 0 Å². The number of aromatic nitrogens is 3. The lowest BCUT2D eigenvalue weighted by molar-refractivity contribution is 0.525. The molecule has 2 atom stereocenters. The molecule has 3 heterocycles. The van der Waals surface area contributed by atoms with E-state index in [4.69, 9.17) is 4.98 Å². The van der Waals surface area contributed by atoms with E-state index in [1.165, 1.54) is 87.4 Å². The molecule has 0 saturated carbocycles. The molecule has 3 aromatic heterocycles. The van der Waals surface area contributed by atoms with Crippen LogP contribution in [0.4, 0.5) is 0 Å². The van der Waals surface area contributed by atoms with Gasteiger partial charge in [0.25, 0.3) is 0 Å². The molecule has 2 aliphatic rings. The SMILES string of the molecule is C1=CC(c2cccc(C3(n4c5ccccc5c5ccccc54)C=Cc4cccc5cccc3c45)n2)(n2c3ccccc3c3ccccc32)c2cccc3cccc1c23. The first-order valence-electron chi connectivity index (χ1n) is 20.1. The van der Waals surface area contributed by atoms with Gasteiger partial charge in [0.2, 0.25) is 0 Å². The van der Waals surface area contributed by atoms with Gasteiger partial charge in [0.1, 0.15) is 11.1 Å². The summed E-state index contributed by atoms with van der Waals surface area (Å²) in [7, 11) is 0. The summed E-state index contributed by atoms with van der Waals surface area (Å²) in [6, 6.07) is 69.0. The Hall–Kier alpha value is -7.49. The summed E-state index contributed by atoms with van der Waals surface area (Å²) in [4.78, 5) is 6.08. The summed E-state index contributed by atoms with van der Waals surface area (Å²) >= 11 is 0. The lowest BCUT2D eigenvalue weighted by Crippen LogP contribution is -2.40. The number of fused-ring (bicyclic) bond motifs is 6. The molecule has 3 nitrogen and oxygen atoms in total. The Morgan fingerprint density at radius 3 is 1.07 bits per heavy atom. The van der Waals surface area contributed by atoms with Crippen molar-refractivity contribution in [2.45, 2.75) is 11.1 Å². The normalized spacial score (nSPS) is 18.3. The summed E-state index contributed by atoms with van der Waals surface area (Å²) in [6.45, 7) is 0. The van der Waals surface area contributed by atoms with Crippen molar-refractivity contribution >= 4 is 77.3 Å². The molecule has 270 valence electrons. The van der Waals surface area contributed by atoms with Crippen LogP contribution in [0.3, 0.4) is 0 Å². The Kier molecular flexibility index (Phi) is 6.30. The molecule has 58 heavy (non-hydrogen) atoms. The van der Waals surface area contributed by atoms with Crippen LogP contribution in [0.25, 0.3) is 77.3 Å². The zero-order chi connectivity index (χ0) is 38.0. The first-order valence-corrected chi connectivity index (χ1v) is 20.1. The summed E-state index contributed by atoms with van der Waals surface area (Å²) in [6.07, 6.45) is 9.48. The molecule has 2 unspecified atom stereocenters. The van der Waals surface area contributed by atoms with Gasteiger partial charge in [-0.2, -0.15) is 0 Å². The second-order valence-corrected chi connectivity index (χ2v) is 15.8. The molecule has 0 bridgehead atoms. The van der Waals surface area contributed by atoms with Gasteiger partial charge in [-0.05, 0) is 92.3 Å². The van der Waals surface area contributed by atoms with E-state index in [0.717, 1.165) is 11.4 Å². The topological polar surface area (TPSA) is 22.8 Å². The van der Waals surface area contributed by atoms with E-state index >= 15 is 0 Å². The second-order valence-electron chi connectivity index (χ2n) is 15.8. The quantitative estimate of drug-likeness (QED) is 0.176. The Bertz CT molecular complexity index is 3250. The van der Waals surface area contributed by atoms with Crippen LogP contribution in [0.1, 0.15) is 33.6 Å². The van der Waals surface area contributed by atoms with Crippen LogP contribution in [0.2, 0.25) is 0 Å². The lowest BCUT2D eigenvalue weighted by Gasteiger charge is -2.41. The van der Waals surface area contributed by atoms with Crippen LogP contribution in [-0.2, 0) is 11.1 Å². The molecule has 0 radical (unpaired) electrons. The number of hydrogen-bond acceptors (Lipinski definition) is 1. The fourth-order valence-corrected chi connectivity index (χ4v) is 10.8. The molecule has 8 aromatic carbocycles. The van der Waals surface area contributed by atoms with Crippen LogP contribution in [0.5, 0.6) is 0 Å². The summed E-state index contributed by atoms with van der Waals surface area (Å²) in [5, 5.41) is 9.88. The third-order valence-electron chi connectivity index (χ3n) is 13.1. The molecule has 0 fully saturated rings. The maximum atomic E-state index is 6.08. The van der Waals surface area contributed by atoms with Gasteiger partial charge < -0.3 is 9.13 Å². The predicted molar refractivity (Wildman–Crippen MR) is 241 cm³/mol. The highest BCUT2D eigenvalue weighted by Crippen LogP contribution is 2.51. The molecule has 2 aliphatic carbocycles. The van der Waals surface area contributed by atoms with Gasteiger partial charge >= 0.3 is 0 Å². The fourth-order valence-electron chi connectivity index (χ4n) is 10.8. The van der Waals surface area contributed by atoms with Crippen LogP contribution >= 0.6 is 0 Å². The third kappa shape index (κ3) is 3.95. The Morgan fingerprint density at radius 2 is 0.672 bits per heavy atom. The van der Waals surface area contributed by atoms with E-state index in [9.17, 15) is 0 Å². The van der Waals surface area contributed by atoms with E-state index in [1.807, 2.05) is 0 Å². The first kappa shape index (κ1) is 31.7. The van der Waals surface area contributed by atoms with Crippen molar-refractivity contribution in [3.05, 3.63) is 234 Å². The Labute approximate surface area is 335 Å². The zero-order valence-electron chi connectivity index (χ0n) is 31.5. The van der Waals surface area contributed by atoms with Gasteiger partial charge in [0.05, 0.1) is 33.5 Å². The molecule has 13 rings (SSSR count). The fraction of sp³-hybridized carbons (Fsp3) is 0.0364. The maximum absolute atomic E-state index is 6.08. The molecule has 0 N–H and O–H groups in total. The minimum Gasteiger partial charge on any atom is -0.321 e. The Morgan fingerprint density at radius 1 is 0.328 bits per heavy atom. The smallest absolute Gasteiger partial charge is 0.132 e. The van der Waals surface area contributed by atoms with E-state index in [1.54, 1.807) is 0 Å². The van der Waals surface area contributed by atoms with Crippen LogP contribution in [-0.4, -0.2) is 14.1 Å². The molecule has 11 aromatic rings. The van der Waals surface area contributed by atoms with E-state index in [0.29, 0.717) is 0 Å². The van der Waals surface area contributed by atoms with E-state index in [2.05, 4.69) is 221 Å². The number of hydrogen-bond donors (Lipinski definition) is 0. The minimum absolute atomic E-state index is 0.795. The molecular formula is C55H35N3. The third-order valence-corrected chi connectivity index (χ3v) is 13.1. The Balaban J connectivity index is 1.20. The first-order chi connectivity index (χ1) is 28.8. The number of pyridine rings is 1. The summed E-state index contributed by atoms with van der Waals surface area (Å²) in [5.74, 6) is 0. The average molecular weight is 738 g/mol. The van der Waals surface area contributed by atoms with Crippen LogP contribution < -0.4 is 0 Å². The number of para-hydroxylation sites is 4. The van der Waals surface area contributed by atoms with Crippen molar-refractivity contribution in [3.63, 3.8) is 0 Å². The highest BCUT2D eigenvalue weighted by molar-refractivity contribution is 6.11. The second kappa shape index (κ2) is 11.5. The molecule has 0 aliphatic heterocycles. The standard InChI is InChI=1S/C55H35N3/c1-5-26-46-40(20-1)41-21-2-6-27-47(41)57(46)54(34-32-38-16-9-14-36-18-11-24-44(54)52(36)38)50-30-13-31-51(56-50)55(35-33-39-17-10-15-37-19-12-25-45(55)53(37)39)58-48-28-7-3-22-42(48)43-23-4-8-29-49(43)58/h1-35H. The van der Waals surface area contributed by atoms with Crippen molar-refractivity contribution in [2.75, 3.05) is 0 Å². The van der Waals surface area contributed by atoms with Crippen molar-refractivity contribution in [3.8, 4) is 0 Å². The molecule has 0 saturated heterocycles. The predicted octanol–water partition coefficient (Wildman–Crippen LogP) is 13.2. The number of rotatable bonds is 4. The lowest BCUT2D eigenvalue weighted by atomic mass is 9.75. The largest absolute Gasteiger partial charge is 0.321 e. The van der Waals surface area contributed by atoms with Gasteiger partial charge in [-0.25, -0.2) is 0 Å². The van der Waals surface area contributed by atoms with Crippen molar-refractivity contribution in [1.29, 1.82) is 0 Å². The van der Waals surface area contributed by atoms with Gasteiger partial charge in [0.15, 0.2) is 0 Å². The highest BCUT2D eigenvalue weighted by Gasteiger charge is 2.45. The van der Waals surface area contributed by atoms with E-state index in [-0.39, 0.29) is 0 Å². The van der Waals surface area contributed by atoms with Gasteiger partial charge in [-0.1, -0.05) is 164 Å². The molecule has 0 spiro atoms. The summed E-state index contributed by atoms with van der Waals surface area (Å²) in [5.41, 5.74) is 9.92. The van der Waals surface area contributed by atoms with E-state index < -0.39 is 11.1 Å².